The summed E-state index contributed by atoms with van der Waals surface area (Å²) in [7, 11) is 1.46. The van der Waals surface area contributed by atoms with Crippen LogP contribution in [0.3, 0.4) is 0 Å². The second kappa shape index (κ2) is 13.2. The summed E-state index contributed by atoms with van der Waals surface area (Å²) in [5.74, 6) is 0.0934. The van der Waals surface area contributed by atoms with Gasteiger partial charge in [0.05, 0.1) is 7.11 Å². The molecular weight excluding hydrogens is 440 g/mol. The van der Waals surface area contributed by atoms with E-state index in [4.69, 9.17) is 9.84 Å². The highest BCUT2D eigenvalue weighted by Crippen LogP contribution is 2.26. The Morgan fingerprint density at radius 1 is 0.743 bits per heavy atom. The predicted octanol–water partition coefficient (Wildman–Crippen LogP) is 5.46. The van der Waals surface area contributed by atoms with Crippen LogP contribution in [-0.2, 0) is 14.3 Å². The summed E-state index contributed by atoms with van der Waals surface area (Å²) in [6, 6.07) is 17.2. The number of aryl methyl sites for hydroxylation is 2. The molecule has 4 rings (SSSR count). The number of aliphatic carboxylic acids is 1. The topological polar surface area (TPSA) is 70.1 Å². The van der Waals surface area contributed by atoms with Gasteiger partial charge in [0, 0.05) is 50.4 Å². The monoisotopic (exact) mass is 480 g/mol. The molecule has 2 aliphatic heterocycles. The summed E-state index contributed by atoms with van der Waals surface area (Å²) in [5.41, 5.74) is 5.11. The Bertz CT molecular complexity index is 926. The van der Waals surface area contributed by atoms with E-state index in [9.17, 15) is 9.59 Å². The number of carboxylic acids is 1. The van der Waals surface area contributed by atoms with Crippen LogP contribution in [0, 0.1) is 25.7 Å². The molecule has 0 unspecified atom stereocenters. The number of carbonyl (C=O) groups is 2. The fourth-order valence-corrected chi connectivity index (χ4v) is 4.87. The summed E-state index contributed by atoms with van der Waals surface area (Å²) >= 11 is 0. The first-order chi connectivity index (χ1) is 16.8. The summed E-state index contributed by atoms with van der Waals surface area (Å²) in [4.78, 5) is 26.6. The minimum atomic E-state index is -0.668. The molecule has 2 aromatic rings. The van der Waals surface area contributed by atoms with Crippen LogP contribution in [0.15, 0.2) is 48.5 Å². The molecule has 0 aromatic heterocycles. The number of rotatable bonds is 6. The van der Waals surface area contributed by atoms with Crippen LogP contribution < -0.4 is 9.80 Å². The third kappa shape index (κ3) is 8.61. The average Bonchev–Trinajstić information content (AvgIpc) is 2.86. The van der Waals surface area contributed by atoms with Gasteiger partial charge in [-0.1, -0.05) is 35.4 Å². The largest absolute Gasteiger partial charge is 0.481 e. The van der Waals surface area contributed by atoms with E-state index in [1.165, 1.54) is 29.6 Å². The van der Waals surface area contributed by atoms with Gasteiger partial charge >= 0.3 is 11.9 Å². The Balaban J connectivity index is 0.000000196. The van der Waals surface area contributed by atoms with E-state index in [2.05, 4.69) is 72.2 Å². The van der Waals surface area contributed by atoms with Gasteiger partial charge in [0.25, 0.3) is 0 Å². The van der Waals surface area contributed by atoms with Crippen molar-refractivity contribution in [2.24, 2.45) is 11.8 Å². The van der Waals surface area contributed by atoms with Crippen molar-refractivity contribution in [1.29, 1.82) is 0 Å². The third-order valence-electron chi connectivity index (χ3n) is 7.17. The van der Waals surface area contributed by atoms with Gasteiger partial charge in [-0.05, 0) is 75.6 Å². The molecule has 2 aromatic carbocycles. The van der Waals surface area contributed by atoms with Gasteiger partial charge in [0.1, 0.15) is 0 Å². The predicted molar refractivity (Wildman–Crippen MR) is 141 cm³/mol. The van der Waals surface area contributed by atoms with E-state index in [0.29, 0.717) is 24.7 Å². The molecule has 0 bridgehead atoms. The van der Waals surface area contributed by atoms with Gasteiger partial charge in [-0.25, -0.2) is 0 Å². The fraction of sp³-hybridized carbons (Fsp3) is 0.517. The minimum absolute atomic E-state index is 0.0798. The normalized spacial score (nSPS) is 16.9. The summed E-state index contributed by atoms with van der Waals surface area (Å²) < 4.78 is 4.73. The second-order valence-electron chi connectivity index (χ2n) is 9.91. The maximum Gasteiger partial charge on any atom is 0.305 e. The number of methoxy groups -OCH3 is 1. The van der Waals surface area contributed by atoms with E-state index in [1.807, 2.05) is 0 Å². The Hall–Kier alpha value is -3.02. The molecule has 0 atom stereocenters. The maximum atomic E-state index is 11.2. The van der Waals surface area contributed by atoms with Crippen LogP contribution in [0.4, 0.5) is 11.4 Å². The molecule has 2 heterocycles. The zero-order valence-corrected chi connectivity index (χ0v) is 21.4. The molecule has 2 saturated heterocycles. The van der Waals surface area contributed by atoms with E-state index >= 15 is 0 Å². The smallest absolute Gasteiger partial charge is 0.305 e. The number of carbonyl (C=O) groups excluding carboxylic acids is 1. The summed E-state index contributed by atoms with van der Waals surface area (Å²) in [5, 5.41) is 8.77. The zero-order valence-electron chi connectivity index (χ0n) is 21.4. The maximum absolute atomic E-state index is 11.2. The van der Waals surface area contributed by atoms with Gasteiger partial charge in [-0.3, -0.25) is 9.59 Å². The van der Waals surface area contributed by atoms with Crippen molar-refractivity contribution in [3.8, 4) is 0 Å². The van der Waals surface area contributed by atoms with Gasteiger partial charge in [-0.15, -0.1) is 0 Å². The molecule has 0 spiro atoms. The van der Waals surface area contributed by atoms with Crippen LogP contribution in [0.5, 0.6) is 0 Å². The van der Waals surface area contributed by atoms with Gasteiger partial charge in [-0.2, -0.15) is 0 Å². The average molecular weight is 481 g/mol. The van der Waals surface area contributed by atoms with Gasteiger partial charge < -0.3 is 19.6 Å². The quantitative estimate of drug-likeness (QED) is 0.554. The Morgan fingerprint density at radius 2 is 1.11 bits per heavy atom. The summed E-state index contributed by atoms with van der Waals surface area (Å²) in [6.07, 6.45) is 5.01. The Kier molecular flexibility index (Phi) is 10.0. The molecular formula is C29H40N2O4. The molecule has 0 radical (unpaired) electrons. The first-order valence-electron chi connectivity index (χ1n) is 12.8. The number of hydrogen-bond acceptors (Lipinski definition) is 5. The number of carboxylic acid groups (broad SMARTS) is 1. The molecule has 1 N–H and O–H groups in total. The number of esters is 1. The van der Waals surface area contributed by atoms with E-state index in [-0.39, 0.29) is 5.97 Å². The molecule has 190 valence electrons. The van der Waals surface area contributed by atoms with Crippen LogP contribution in [0.2, 0.25) is 0 Å². The van der Waals surface area contributed by atoms with Gasteiger partial charge in [0.15, 0.2) is 0 Å². The number of benzene rings is 2. The molecule has 0 aliphatic carbocycles. The lowest BCUT2D eigenvalue weighted by atomic mass is 9.93. The lowest BCUT2D eigenvalue weighted by Crippen LogP contribution is -2.34. The van der Waals surface area contributed by atoms with Crippen molar-refractivity contribution in [3.05, 3.63) is 59.7 Å². The Morgan fingerprint density at radius 3 is 1.46 bits per heavy atom. The number of piperidine rings is 2. The fourth-order valence-electron chi connectivity index (χ4n) is 4.87. The molecule has 6 nitrogen and oxygen atoms in total. The van der Waals surface area contributed by atoms with Crippen LogP contribution in [0.25, 0.3) is 0 Å². The number of hydrogen-bond donors (Lipinski definition) is 1. The van der Waals surface area contributed by atoms with Crippen molar-refractivity contribution in [3.63, 3.8) is 0 Å². The van der Waals surface area contributed by atoms with Crippen molar-refractivity contribution < 1.29 is 19.4 Å². The minimum Gasteiger partial charge on any atom is -0.481 e. The highest BCUT2D eigenvalue weighted by Gasteiger charge is 2.22. The first-order valence-corrected chi connectivity index (χ1v) is 12.8. The Labute approximate surface area is 209 Å². The summed E-state index contributed by atoms with van der Waals surface area (Å²) in [6.45, 7) is 8.20. The van der Waals surface area contributed by atoms with Crippen LogP contribution in [0.1, 0.15) is 49.7 Å². The van der Waals surface area contributed by atoms with Crippen LogP contribution in [-0.4, -0.2) is 50.3 Å². The highest BCUT2D eigenvalue weighted by molar-refractivity contribution is 5.69. The molecule has 0 amide bonds. The van der Waals surface area contributed by atoms with Crippen molar-refractivity contribution in [2.45, 2.75) is 52.4 Å². The molecule has 6 heteroatoms. The SMILES string of the molecule is COC(=O)CC1CCN(c2ccc(C)cc2)CC1.Cc1ccc(N2CCC(CC(=O)O)CC2)cc1. The van der Waals surface area contributed by atoms with Crippen molar-refractivity contribution in [1.82, 2.24) is 0 Å². The molecule has 0 saturated carbocycles. The third-order valence-corrected chi connectivity index (χ3v) is 7.17. The number of anilines is 2. The lowest BCUT2D eigenvalue weighted by Gasteiger charge is -2.33. The molecule has 2 fully saturated rings. The lowest BCUT2D eigenvalue weighted by molar-refractivity contribution is -0.142. The van der Waals surface area contributed by atoms with Gasteiger partial charge in [0.2, 0.25) is 0 Å². The van der Waals surface area contributed by atoms with Crippen LogP contribution >= 0.6 is 0 Å². The highest BCUT2D eigenvalue weighted by atomic mass is 16.5. The molecule has 2 aliphatic rings. The number of ether oxygens (including phenoxy) is 1. The second-order valence-corrected chi connectivity index (χ2v) is 9.91. The van der Waals surface area contributed by atoms with Crippen molar-refractivity contribution >= 4 is 23.3 Å². The van der Waals surface area contributed by atoms with E-state index in [1.54, 1.807) is 0 Å². The molecule has 35 heavy (non-hydrogen) atoms. The first kappa shape index (κ1) is 26.6. The number of nitrogens with zero attached hydrogens (tertiary/aromatic N) is 2. The van der Waals surface area contributed by atoms with Crippen molar-refractivity contribution in [2.75, 3.05) is 43.1 Å². The zero-order chi connectivity index (χ0) is 25.2. The van der Waals surface area contributed by atoms with E-state index < -0.39 is 5.97 Å². The van der Waals surface area contributed by atoms with E-state index in [0.717, 1.165) is 51.9 Å². The standard InChI is InChI=1S/C15H21NO2.C14H19NO2/c1-12-3-5-14(6-4-12)16-9-7-13(8-10-16)11-15(17)18-2;1-11-2-4-13(5-3-11)15-8-6-12(7-9-15)10-14(16)17/h3-6,13H,7-11H2,1-2H3;2-5,12H,6-10H2,1H3,(H,16,17).